The number of rotatable bonds is 4. The molecule has 0 N–H and O–H groups in total. The summed E-state index contributed by atoms with van der Waals surface area (Å²) in [4.78, 5) is 22.4. The van der Waals surface area contributed by atoms with Crippen LogP contribution in [-0.2, 0) is 31.9 Å². The summed E-state index contributed by atoms with van der Waals surface area (Å²) in [6.07, 6.45) is 1.49. The Morgan fingerprint density at radius 1 is 0.913 bits per heavy atom. The molecule has 0 aliphatic heterocycles. The summed E-state index contributed by atoms with van der Waals surface area (Å²) in [6.45, 7) is 3.33. The molecule has 23 heavy (non-hydrogen) atoms. The van der Waals surface area contributed by atoms with Crippen LogP contribution >= 0.6 is 0 Å². The Labute approximate surface area is 135 Å². The van der Waals surface area contributed by atoms with Crippen molar-refractivity contribution in [3.05, 3.63) is 47.5 Å². The summed E-state index contributed by atoms with van der Waals surface area (Å²) in [6, 6.07) is 12.6. The van der Waals surface area contributed by atoms with Gasteiger partial charge in [0, 0.05) is 19.3 Å². The number of esters is 2. The van der Waals surface area contributed by atoms with Gasteiger partial charge in [-0.3, -0.25) is 9.59 Å². The fourth-order valence-electron chi connectivity index (χ4n) is 3.29. The molecular formula is C19H20O4. The summed E-state index contributed by atoms with van der Waals surface area (Å²) < 4.78 is 10.5. The SMILES string of the molecule is CC(=O)OCC1(COC(C)=O)Cc2cc3ccccc3cc2C1. The van der Waals surface area contributed by atoms with Gasteiger partial charge in [-0.2, -0.15) is 0 Å². The molecule has 2 aromatic carbocycles. The second-order valence-electron chi connectivity index (χ2n) is 6.38. The van der Waals surface area contributed by atoms with Crippen molar-refractivity contribution in [2.45, 2.75) is 26.7 Å². The quantitative estimate of drug-likeness (QED) is 0.814. The largest absolute Gasteiger partial charge is 0.465 e. The minimum atomic E-state index is -0.364. The Bertz CT molecular complexity index is 699. The van der Waals surface area contributed by atoms with Gasteiger partial charge >= 0.3 is 11.9 Å². The maximum atomic E-state index is 11.2. The molecule has 1 aliphatic rings. The van der Waals surface area contributed by atoms with E-state index in [1.807, 2.05) is 12.1 Å². The summed E-state index contributed by atoms with van der Waals surface area (Å²) in [5, 5.41) is 2.39. The topological polar surface area (TPSA) is 52.6 Å². The third-order valence-electron chi connectivity index (χ3n) is 4.36. The smallest absolute Gasteiger partial charge is 0.302 e. The lowest BCUT2D eigenvalue weighted by Crippen LogP contribution is -2.34. The van der Waals surface area contributed by atoms with Crippen LogP contribution in [0.5, 0.6) is 0 Å². The van der Waals surface area contributed by atoms with Crippen molar-refractivity contribution >= 4 is 22.7 Å². The lowest BCUT2D eigenvalue weighted by Gasteiger charge is -2.27. The van der Waals surface area contributed by atoms with E-state index in [-0.39, 0.29) is 30.6 Å². The van der Waals surface area contributed by atoms with Crippen LogP contribution in [-0.4, -0.2) is 25.2 Å². The summed E-state index contributed by atoms with van der Waals surface area (Å²) in [7, 11) is 0. The molecule has 0 fully saturated rings. The predicted octanol–water partition coefficient (Wildman–Crippen LogP) is 3.05. The third-order valence-corrected chi connectivity index (χ3v) is 4.36. The van der Waals surface area contributed by atoms with Crippen molar-refractivity contribution in [1.82, 2.24) is 0 Å². The highest BCUT2D eigenvalue weighted by Gasteiger charge is 2.39. The molecule has 3 rings (SSSR count). The van der Waals surface area contributed by atoms with Crippen LogP contribution < -0.4 is 0 Å². The first kappa shape index (κ1) is 15.5. The van der Waals surface area contributed by atoms with Crippen LogP contribution in [0.1, 0.15) is 25.0 Å². The average molecular weight is 312 g/mol. The van der Waals surface area contributed by atoms with E-state index >= 15 is 0 Å². The van der Waals surface area contributed by atoms with Gasteiger partial charge < -0.3 is 9.47 Å². The fourth-order valence-corrected chi connectivity index (χ4v) is 3.29. The molecule has 4 heteroatoms. The number of carbonyl (C=O) groups excluding carboxylic acids is 2. The Morgan fingerprint density at radius 2 is 1.35 bits per heavy atom. The summed E-state index contributed by atoms with van der Waals surface area (Å²) >= 11 is 0. The molecule has 0 radical (unpaired) electrons. The number of carbonyl (C=O) groups is 2. The van der Waals surface area contributed by atoms with E-state index in [9.17, 15) is 9.59 Å². The lowest BCUT2D eigenvalue weighted by molar-refractivity contribution is -0.151. The molecular weight excluding hydrogens is 292 g/mol. The molecule has 0 saturated heterocycles. The summed E-state index contributed by atoms with van der Waals surface area (Å²) in [5.74, 6) is -0.623. The zero-order valence-corrected chi connectivity index (χ0v) is 13.4. The van der Waals surface area contributed by atoms with Gasteiger partial charge in [-0.25, -0.2) is 0 Å². The van der Waals surface area contributed by atoms with Crippen LogP contribution in [0.2, 0.25) is 0 Å². The first-order valence-electron chi connectivity index (χ1n) is 7.75. The van der Waals surface area contributed by atoms with Crippen LogP contribution in [0, 0.1) is 5.41 Å². The van der Waals surface area contributed by atoms with Gasteiger partial charge in [0.05, 0.1) is 0 Å². The van der Waals surface area contributed by atoms with Crippen molar-refractivity contribution in [2.24, 2.45) is 5.41 Å². The van der Waals surface area contributed by atoms with Crippen molar-refractivity contribution < 1.29 is 19.1 Å². The Morgan fingerprint density at radius 3 is 1.74 bits per heavy atom. The molecule has 0 amide bonds. The van der Waals surface area contributed by atoms with E-state index in [0.29, 0.717) is 0 Å². The molecule has 0 heterocycles. The number of benzene rings is 2. The monoisotopic (exact) mass is 312 g/mol. The van der Waals surface area contributed by atoms with E-state index in [4.69, 9.17) is 9.47 Å². The van der Waals surface area contributed by atoms with Crippen molar-refractivity contribution in [3.63, 3.8) is 0 Å². The Balaban J connectivity index is 1.90. The molecule has 0 aromatic heterocycles. The highest BCUT2D eigenvalue weighted by molar-refractivity contribution is 5.84. The maximum Gasteiger partial charge on any atom is 0.302 e. The fraction of sp³-hybridized carbons (Fsp3) is 0.368. The number of ether oxygens (including phenoxy) is 2. The molecule has 0 atom stereocenters. The minimum Gasteiger partial charge on any atom is -0.465 e. The molecule has 0 unspecified atom stereocenters. The van der Waals surface area contributed by atoms with Crippen LogP contribution in [0.25, 0.3) is 10.8 Å². The van der Waals surface area contributed by atoms with Gasteiger partial charge in [-0.15, -0.1) is 0 Å². The van der Waals surface area contributed by atoms with Crippen molar-refractivity contribution in [1.29, 1.82) is 0 Å². The standard InChI is InChI=1S/C19H20O4/c1-13(20)22-11-19(12-23-14(2)21)9-17-7-15-5-3-4-6-16(15)8-18(17)10-19/h3-8H,9-12H2,1-2H3. The highest BCUT2D eigenvalue weighted by atomic mass is 16.5. The van der Waals surface area contributed by atoms with E-state index < -0.39 is 0 Å². The third kappa shape index (κ3) is 3.36. The van der Waals surface area contributed by atoms with E-state index in [1.165, 1.54) is 35.7 Å². The zero-order chi connectivity index (χ0) is 16.4. The first-order valence-corrected chi connectivity index (χ1v) is 7.75. The van der Waals surface area contributed by atoms with E-state index in [0.717, 1.165) is 12.8 Å². The van der Waals surface area contributed by atoms with E-state index in [1.54, 1.807) is 0 Å². The number of hydrogen-bond donors (Lipinski definition) is 0. The number of hydrogen-bond acceptors (Lipinski definition) is 4. The van der Waals surface area contributed by atoms with Gasteiger partial charge in [-0.1, -0.05) is 36.4 Å². The summed E-state index contributed by atoms with van der Waals surface area (Å²) in [5.41, 5.74) is 2.11. The van der Waals surface area contributed by atoms with Gasteiger partial charge in [0.2, 0.25) is 0 Å². The second-order valence-corrected chi connectivity index (χ2v) is 6.38. The molecule has 2 aromatic rings. The zero-order valence-electron chi connectivity index (χ0n) is 13.4. The average Bonchev–Trinajstić information content (AvgIpc) is 2.86. The Hall–Kier alpha value is -2.36. The molecule has 1 aliphatic carbocycles. The van der Waals surface area contributed by atoms with E-state index in [2.05, 4.69) is 24.3 Å². The van der Waals surface area contributed by atoms with Crippen LogP contribution in [0.15, 0.2) is 36.4 Å². The Kier molecular flexibility index (Phi) is 4.07. The van der Waals surface area contributed by atoms with Crippen molar-refractivity contribution in [3.8, 4) is 0 Å². The molecule has 0 saturated carbocycles. The van der Waals surface area contributed by atoms with Crippen LogP contribution in [0.3, 0.4) is 0 Å². The first-order chi connectivity index (χ1) is 11.0. The van der Waals surface area contributed by atoms with Gasteiger partial charge in [0.25, 0.3) is 0 Å². The molecule has 120 valence electrons. The maximum absolute atomic E-state index is 11.2. The second kappa shape index (κ2) is 6.03. The minimum absolute atomic E-state index is 0.265. The normalized spacial score (nSPS) is 15.2. The predicted molar refractivity (Wildman–Crippen MR) is 87.1 cm³/mol. The van der Waals surface area contributed by atoms with Gasteiger partial charge in [0.1, 0.15) is 13.2 Å². The molecule has 0 spiro atoms. The van der Waals surface area contributed by atoms with Crippen molar-refractivity contribution in [2.75, 3.05) is 13.2 Å². The van der Waals surface area contributed by atoms with Crippen LogP contribution in [0.4, 0.5) is 0 Å². The molecule has 0 bridgehead atoms. The van der Waals surface area contributed by atoms with Gasteiger partial charge in [0.15, 0.2) is 0 Å². The lowest BCUT2D eigenvalue weighted by atomic mass is 9.86. The number of fused-ring (bicyclic) bond motifs is 2. The highest BCUT2D eigenvalue weighted by Crippen LogP contribution is 2.39. The molecule has 4 nitrogen and oxygen atoms in total. The van der Waals surface area contributed by atoms with Gasteiger partial charge in [-0.05, 0) is 34.7 Å².